The highest BCUT2D eigenvalue weighted by atomic mass is 79.9. The summed E-state index contributed by atoms with van der Waals surface area (Å²) in [4.78, 5) is 24.4. The lowest BCUT2D eigenvalue weighted by molar-refractivity contribution is -0.123. The molecule has 6 nitrogen and oxygen atoms in total. The van der Waals surface area contributed by atoms with Crippen LogP contribution in [0.5, 0.6) is 11.5 Å². The van der Waals surface area contributed by atoms with Gasteiger partial charge in [0.15, 0.2) is 6.61 Å². The number of hydrazone groups is 1. The van der Waals surface area contributed by atoms with E-state index in [2.05, 4.69) is 26.5 Å². The zero-order chi connectivity index (χ0) is 22.2. The number of halogens is 1. The zero-order valence-electron chi connectivity index (χ0n) is 17.1. The summed E-state index contributed by atoms with van der Waals surface area (Å²) >= 11 is 3.38. The summed E-state index contributed by atoms with van der Waals surface area (Å²) in [6.45, 7) is 3.81. The molecule has 31 heavy (non-hydrogen) atoms. The molecular weight excluding hydrogens is 460 g/mol. The Morgan fingerprint density at radius 1 is 1.00 bits per heavy atom. The van der Waals surface area contributed by atoms with E-state index < -0.39 is 11.9 Å². The Kier molecular flexibility index (Phi) is 7.56. The lowest BCUT2D eigenvalue weighted by Gasteiger charge is -2.08. The molecule has 0 fully saturated rings. The van der Waals surface area contributed by atoms with Crippen LogP contribution in [0.1, 0.15) is 27.0 Å². The molecule has 0 heterocycles. The lowest BCUT2D eigenvalue weighted by Crippen LogP contribution is -2.24. The maximum absolute atomic E-state index is 12.3. The molecule has 1 N–H and O–H groups in total. The fourth-order valence-corrected chi connectivity index (χ4v) is 2.98. The molecule has 0 saturated carbocycles. The van der Waals surface area contributed by atoms with Crippen LogP contribution in [0, 0.1) is 13.8 Å². The van der Waals surface area contributed by atoms with Crippen LogP contribution in [-0.4, -0.2) is 24.7 Å². The molecule has 3 rings (SSSR count). The first-order valence-electron chi connectivity index (χ1n) is 9.51. The van der Waals surface area contributed by atoms with E-state index in [9.17, 15) is 9.59 Å². The summed E-state index contributed by atoms with van der Waals surface area (Å²) in [6.07, 6.45) is 1.41. The van der Waals surface area contributed by atoms with Gasteiger partial charge in [0.2, 0.25) is 0 Å². The zero-order valence-corrected chi connectivity index (χ0v) is 18.7. The maximum atomic E-state index is 12.3. The fourth-order valence-electron chi connectivity index (χ4n) is 2.60. The number of nitrogens with one attached hydrogen (secondary N) is 1. The van der Waals surface area contributed by atoms with E-state index in [0.717, 1.165) is 15.6 Å². The fraction of sp³-hybridized carbons (Fsp3) is 0.125. The molecule has 158 valence electrons. The molecule has 0 saturated heterocycles. The summed E-state index contributed by atoms with van der Waals surface area (Å²) in [7, 11) is 0. The molecule has 0 aromatic heterocycles. The topological polar surface area (TPSA) is 77.0 Å². The number of hydrogen-bond donors (Lipinski definition) is 1. The Hall–Kier alpha value is -3.45. The van der Waals surface area contributed by atoms with Crippen molar-refractivity contribution in [2.45, 2.75) is 13.8 Å². The van der Waals surface area contributed by atoms with Gasteiger partial charge >= 0.3 is 5.97 Å². The molecule has 0 spiro atoms. The maximum Gasteiger partial charge on any atom is 0.343 e. The highest BCUT2D eigenvalue weighted by Gasteiger charge is 2.11. The van der Waals surface area contributed by atoms with Crippen LogP contribution in [0.2, 0.25) is 0 Å². The van der Waals surface area contributed by atoms with E-state index in [1.807, 2.05) is 38.1 Å². The van der Waals surface area contributed by atoms with Gasteiger partial charge in [-0.3, -0.25) is 4.79 Å². The van der Waals surface area contributed by atoms with Gasteiger partial charge in [-0.1, -0.05) is 40.2 Å². The summed E-state index contributed by atoms with van der Waals surface area (Å²) in [5.41, 5.74) is 5.60. The number of aryl methyl sites for hydroxylation is 2. The average molecular weight is 481 g/mol. The largest absolute Gasteiger partial charge is 0.484 e. The third-order valence-corrected chi connectivity index (χ3v) is 4.92. The van der Waals surface area contributed by atoms with Gasteiger partial charge < -0.3 is 9.47 Å². The minimum atomic E-state index is -0.483. The first-order chi connectivity index (χ1) is 14.9. The Labute approximate surface area is 189 Å². The van der Waals surface area contributed by atoms with Crippen LogP contribution in [0.25, 0.3) is 0 Å². The molecule has 3 aromatic carbocycles. The quantitative estimate of drug-likeness (QED) is 0.227. The molecule has 0 unspecified atom stereocenters. The van der Waals surface area contributed by atoms with Gasteiger partial charge in [-0.05, 0) is 67.4 Å². The molecule has 1 amide bonds. The second-order valence-electron chi connectivity index (χ2n) is 6.77. The third kappa shape index (κ3) is 6.52. The van der Waals surface area contributed by atoms with Crippen LogP contribution < -0.4 is 14.9 Å². The highest BCUT2D eigenvalue weighted by molar-refractivity contribution is 9.10. The highest BCUT2D eigenvalue weighted by Crippen LogP contribution is 2.23. The van der Waals surface area contributed by atoms with Crippen molar-refractivity contribution in [3.63, 3.8) is 0 Å². The number of amides is 1. The molecule has 0 aliphatic carbocycles. The minimum Gasteiger partial charge on any atom is -0.484 e. The molecule has 0 aliphatic rings. The Balaban J connectivity index is 1.60. The predicted molar refractivity (Wildman–Crippen MR) is 123 cm³/mol. The van der Waals surface area contributed by atoms with E-state index in [1.54, 1.807) is 42.5 Å². The van der Waals surface area contributed by atoms with Crippen molar-refractivity contribution in [2.75, 3.05) is 6.61 Å². The van der Waals surface area contributed by atoms with E-state index in [0.29, 0.717) is 22.6 Å². The number of carbonyl (C=O) groups is 2. The van der Waals surface area contributed by atoms with Gasteiger partial charge in [0.1, 0.15) is 11.5 Å². The van der Waals surface area contributed by atoms with E-state index >= 15 is 0 Å². The average Bonchev–Trinajstić information content (AvgIpc) is 2.77. The van der Waals surface area contributed by atoms with E-state index in [4.69, 9.17) is 9.47 Å². The molecule has 0 bridgehead atoms. The predicted octanol–water partition coefficient (Wildman–Crippen LogP) is 4.81. The molecule has 0 aliphatic heterocycles. The van der Waals surface area contributed by atoms with Crippen LogP contribution in [0.3, 0.4) is 0 Å². The number of ether oxygens (including phenoxy) is 2. The SMILES string of the molecule is Cc1ccc(OCC(=O)N/N=C/c2cc(Br)ccc2OC(=O)c2ccccc2)cc1C. The monoisotopic (exact) mass is 480 g/mol. The normalized spacial score (nSPS) is 10.7. The van der Waals surface area contributed by atoms with Gasteiger partial charge in [-0.15, -0.1) is 0 Å². The van der Waals surface area contributed by atoms with Crippen molar-refractivity contribution in [1.29, 1.82) is 0 Å². The number of benzene rings is 3. The number of hydrogen-bond acceptors (Lipinski definition) is 5. The van der Waals surface area contributed by atoms with Gasteiger partial charge in [-0.2, -0.15) is 5.10 Å². The van der Waals surface area contributed by atoms with Crippen LogP contribution >= 0.6 is 15.9 Å². The van der Waals surface area contributed by atoms with Crippen molar-refractivity contribution < 1.29 is 19.1 Å². The first kappa shape index (κ1) is 22.2. The van der Waals surface area contributed by atoms with Crippen molar-refractivity contribution in [1.82, 2.24) is 5.43 Å². The smallest absolute Gasteiger partial charge is 0.343 e. The number of nitrogens with zero attached hydrogens (tertiary/aromatic N) is 1. The van der Waals surface area contributed by atoms with Gasteiger partial charge in [0, 0.05) is 10.0 Å². The molecular formula is C24H21BrN2O4. The molecule has 0 radical (unpaired) electrons. The van der Waals surface area contributed by atoms with E-state index in [1.165, 1.54) is 6.21 Å². The van der Waals surface area contributed by atoms with E-state index in [-0.39, 0.29) is 6.61 Å². The first-order valence-corrected chi connectivity index (χ1v) is 10.3. The van der Waals surface area contributed by atoms with Crippen molar-refractivity contribution in [2.24, 2.45) is 5.10 Å². The molecule has 0 atom stereocenters. The lowest BCUT2D eigenvalue weighted by atomic mass is 10.1. The third-order valence-electron chi connectivity index (χ3n) is 4.43. The van der Waals surface area contributed by atoms with Gasteiger partial charge in [-0.25, -0.2) is 10.2 Å². The Morgan fingerprint density at radius 2 is 1.77 bits per heavy atom. The van der Waals surface area contributed by atoms with Crippen molar-refractivity contribution >= 4 is 34.0 Å². The molecule has 7 heteroatoms. The summed E-state index contributed by atoms with van der Waals surface area (Å²) in [5.74, 6) is 0.0430. The van der Waals surface area contributed by atoms with Gasteiger partial charge in [0.25, 0.3) is 5.91 Å². The van der Waals surface area contributed by atoms with Crippen LogP contribution in [0.15, 0.2) is 76.3 Å². The van der Waals surface area contributed by atoms with Crippen molar-refractivity contribution in [3.05, 3.63) is 93.5 Å². The number of carbonyl (C=O) groups excluding carboxylic acids is 2. The summed E-state index contributed by atoms with van der Waals surface area (Å²) < 4.78 is 11.7. The standard InChI is InChI=1S/C24H21BrN2O4/c1-16-8-10-21(12-17(16)2)30-15-23(28)27-26-14-19-13-20(25)9-11-22(19)31-24(29)18-6-4-3-5-7-18/h3-14H,15H2,1-2H3,(H,27,28)/b26-14+. The second kappa shape index (κ2) is 10.5. The van der Waals surface area contributed by atoms with Gasteiger partial charge in [0.05, 0.1) is 11.8 Å². The van der Waals surface area contributed by atoms with Crippen LogP contribution in [0.4, 0.5) is 0 Å². The number of rotatable bonds is 7. The summed E-state index contributed by atoms with van der Waals surface area (Å²) in [5, 5.41) is 3.95. The van der Waals surface area contributed by atoms with Crippen LogP contribution in [-0.2, 0) is 4.79 Å². The Bertz CT molecular complexity index is 1110. The Morgan fingerprint density at radius 3 is 2.52 bits per heavy atom. The minimum absolute atomic E-state index is 0.172. The van der Waals surface area contributed by atoms with Crippen molar-refractivity contribution in [3.8, 4) is 11.5 Å². The second-order valence-corrected chi connectivity index (χ2v) is 7.68. The molecule has 3 aromatic rings. The summed E-state index contributed by atoms with van der Waals surface area (Å²) in [6, 6.07) is 19.4. The number of esters is 1.